The maximum absolute atomic E-state index is 14.2. The number of hydrogen-bond donors (Lipinski definition) is 1. The molecule has 0 saturated carbocycles. The van der Waals surface area contributed by atoms with Crippen LogP contribution in [-0.2, 0) is 19.6 Å². The fraction of sp³-hybridized carbons (Fsp3) is 0.263. The normalized spacial score (nSPS) is 16.7. The molecule has 0 unspecified atom stereocenters. The summed E-state index contributed by atoms with van der Waals surface area (Å²) in [6.07, 6.45) is -2.93. The molecule has 4 aromatic rings. The number of carbonyl (C=O) groups excluding carboxylic acids is 1. The van der Waals surface area contributed by atoms with Crippen LogP contribution in [0.1, 0.15) is 39.6 Å². The lowest BCUT2D eigenvalue weighted by Crippen LogP contribution is -2.41. The molecule has 8 nitrogen and oxygen atoms in total. The largest absolute Gasteiger partial charge is 0.458 e. The predicted octanol–water partition coefficient (Wildman–Crippen LogP) is 3.23. The molecule has 0 saturated heterocycles. The molecule has 1 aliphatic heterocycles. The molecule has 1 aliphatic rings. The van der Waals surface area contributed by atoms with E-state index >= 15 is 0 Å². The quantitative estimate of drug-likeness (QED) is 0.489. The Morgan fingerprint density at radius 3 is 2.84 bits per heavy atom. The van der Waals surface area contributed by atoms with Gasteiger partial charge in [-0.2, -0.15) is 18.2 Å². The van der Waals surface area contributed by atoms with E-state index in [1.165, 1.54) is 36.5 Å². The van der Waals surface area contributed by atoms with Gasteiger partial charge in [0.1, 0.15) is 23.2 Å². The van der Waals surface area contributed by atoms with Crippen LogP contribution in [0.15, 0.2) is 35.0 Å². The lowest BCUT2D eigenvalue weighted by atomic mass is 10.00. The summed E-state index contributed by atoms with van der Waals surface area (Å²) in [6.45, 7) is 0.159. The third-order valence-corrected chi connectivity index (χ3v) is 5.19. The number of rotatable bonds is 2. The third-order valence-electron chi connectivity index (χ3n) is 5.19. The first-order valence-corrected chi connectivity index (χ1v) is 9.23. The van der Waals surface area contributed by atoms with Crippen molar-refractivity contribution in [1.29, 1.82) is 0 Å². The molecule has 1 atom stereocenters. The lowest BCUT2D eigenvalue weighted by molar-refractivity contribution is -0.144. The molecule has 0 radical (unpaired) electrons. The average molecular weight is 434 g/mol. The molecule has 12 heteroatoms. The van der Waals surface area contributed by atoms with Gasteiger partial charge in [0.05, 0.1) is 17.4 Å². The molecule has 5 rings (SSSR count). The van der Waals surface area contributed by atoms with Crippen LogP contribution in [-0.4, -0.2) is 42.1 Å². The summed E-state index contributed by atoms with van der Waals surface area (Å²) in [4.78, 5) is 25.2. The van der Waals surface area contributed by atoms with E-state index in [1.807, 2.05) is 0 Å². The highest BCUT2D eigenvalue weighted by Gasteiger charge is 2.41. The Hall–Kier alpha value is -3.70. The van der Waals surface area contributed by atoms with Gasteiger partial charge in [0.15, 0.2) is 0 Å². The van der Waals surface area contributed by atoms with Crippen LogP contribution in [0.2, 0.25) is 0 Å². The molecule has 1 aromatic carbocycles. The van der Waals surface area contributed by atoms with Crippen molar-refractivity contribution in [1.82, 2.24) is 29.6 Å². The van der Waals surface area contributed by atoms with E-state index in [1.54, 1.807) is 6.07 Å². The van der Waals surface area contributed by atoms with Crippen molar-refractivity contribution in [2.24, 2.45) is 7.05 Å². The Balaban J connectivity index is 1.61. The molecule has 4 heterocycles. The topological polar surface area (TPSA) is 92.8 Å². The van der Waals surface area contributed by atoms with Gasteiger partial charge >= 0.3 is 6.18 Å². The van der Waals surface area contributed by atoms with E-state index in [4.69, 9.17) is 4.42 Å². The maximum Gasteiger partial charge on any atom is 0.453 e. The standard InChI is InChI=1S/C19H14F4N6O2/c1-28-16(26-18(27-28)19(21,22)23)17(30)29-6-5-11-14(25-8-24-11)15(29)13-7-9-10(20)3-2-4-12(9)31-13/h2-4,7-8,15H,5-6H2,1H3,(H,24,25)/t15-/m1/s1. The van der Waals surface area contributed by atoms with Gasteiger partial charge in [0.2, 0.25) is 5.82 Å². The molecule has 0 bridgehead atoms. The Kier molecular flexibility index (Phi) is 4.14. The van der Waals surface area contributed by atoms with Crippen molar-refractivity contribution < 1.29 is 26.8 Å². The highest BCUT2D eigenvalue weighted by Crippen LogP contribution is 2.37. The molecule has 0 fully saturated rings. The van der Waals surface area contributed by atoms with Crippen molar-refractivity contribution >= 4 is 16.9 Å². The number of fused-ring (bicyclic) bond motifs is 2. The minimum absolute atomic E-state index is 0.159. The van der Waals surface area contributed by atoms with Crippen molar-refractivity contribution in [3.63, 3.8) is 0 Å². The number of aromatic nitrogens is 5. The summed E-state index contributed by atoms with van der Waals surface area (Å²) in [5.74, 6) is -2.91. The number of carbonyl (C=O) groups is 1. The summed E-state index contributed by atoms with van der Waals surface area (Å²) in [6, 6.07) is 4.95. The summed E-state index contributed by atoms with van der Waals surface area (Å²) >= 11 is 0. The van der Waals surface area contributed by atoms with Gasteiger partial charge in [-0.25, -0.2) is 14.1 Å². The number of alkyl halides is 3. The van der Waals surface area contributed by atoms with Crippen molar-refractivity contribution in [2.75, 3.05) is 6.54 Å². The molecule has 1 N–H and O–H groups in total. The first-order chi connectivity index (χ1) is 14.7. The molecule has 3 aromatic heterocycles. The highest BCUT2D eigenvalue weighted by molar-refractivity contribution is 5.91. The Morgan fingerprint density at radius 2 is 2.13 bits per heavy atom. The van der Waals surface area contributed by atoms with Crippen LogP contribution in [0.25, 0.3) is 11.0 Å². The zero-order chi connectivity index (χ0) is 21.9. The molecular formula is C19H14F4N6O2. The number of halogens is 4. The van der Waals surface area contributed by atoms with E-state index in [-0.39, 0.29) is 23.3 Å². The van der Waals surface area contributed by atoms with E-state index in [9.17, 15) is 22.4 Å². The second-order valence-corrected chi connectivity index (χ2v) is 7.10. The Morgan fingerprint density at radius 1 is 1.32 bits per heavy atom. The Bertz CT molecular complexity index is 1300. The number of aromatic amines is 1. The fourth-order valence-corrected chi connectivity index (χ4v) is 3.78. The molecule has 31 heavy (non-hydrogen) atoms. The van der Waals surface area contributed by atoms with Gasteiger partial charge in [-0.15, -0.1) is 5.10 Å². The number of aryl methyl sites for hydroxylation is 1. The SMILES string of the molecule is Cn1nc(C(F)(F)F)nc1C(=O)N1CCc2[nH]cnc2[C@H]1c1cc2c(F)cccc2o1. The number of nitrogens with one attached hydrogen (secondary N) is 1. The van der Waals surface area contributed by atoms with Crippen LogP contribution in [0, 0.1) is 5.82 Å². The summed E-state index contributed by atoms with van der Waals surface area (Å²) in [7, 11) is 1.21. The van der Waals surface area contributed by atoms with Gasteiger partial charge in [0, 0.05) is 25.7 Å². The van der Waals surface area contributed by atoms with E-state index in [0.29, 0.717) is 12.1 Å². The molecular weight excluding hydrogens is 420 g/mol. The number of nitrogens with zero attached hydrogens (tertiary/aromatic N) is 5. The minimum atomic E-state index is -4.79. The number of hydrogen-bond acceptors (Lipinski definition) is 5. The molecule has 160 valence electrons. The number of amides is 1. The number of furan rings is 1. The highest BCUT2D eigenvalue weighted by atomic mass is 19.4. The number of imidazole rings is 1. The van der Waals surface area contributed by atoms with E-state index in [0.717, 1.165) is 10.4 Å². The second-order valence-electron chi connectivity index (χ2n) is 7.10. The van der Waals surface area contributed by atoms with Gasteiger partial charge in [-0.3, -0.25) is 4.79 Å². The van der Waals surface area contributed by atoms with Crippen molar-refractivity contribution in [3.05, 3.63) is 65.2 Å². The van der Waals surface area contributed by atoms with E-state index in [2.05, 4.69) is 20.1 Å². The first-order valence-electron chi connectivity index (χ1n) is 9.23. The fourth-order valence-electron chi connectivity index (χ4n) is 3.78. The van der Waals surface area contributed by atoms with Crippen LogP contribution in [0.4, 0.5) is 17.6 Å². The van der Waals surface area contributed by atoms with Crippen LogP contribution in [0.5, 0.6) is 0 Å². The minimum Gasteiger partial charge on any atom is -0.458 e. The monoisotopic (exact) mass is 434 g/mol. The predicted molar refractivity (Wildman–Crippen MR) is 97.3 cm³/mol. The zero-order valence-corrected chi connectivity index (χ0v) is 15.9. The summed E-state index contributed by atoms with van der Waals surface area (Å²) in [5.41, 5.74) is 1.50. The van der Waals surface area contributed by atoms with Crippen LogP contribution >= 0.6 is 0 Å². The van der Waals surface area contributed by atoms with Crippen LogP contribution in [0.3, 0.4) is 0 Å². The van der Waals surface area contributed by atoms with Crippen LogP contribution < -0.4 is 0 Å². The zero-order valence-electron chi connectivity index (χ0n) is 15.9. The maximum atomic E-state index is 14.2. The van der Waals surface area contributed by atoms with Gasteiger partial charge in [-0.1, -0.05) is 6.07 Å². The number of benzene rings is 1. The molecule has 0 aliphatic carbocycles. The van der Waals surface area contributed by atoms with Crippen molar-refractivity contribution in [3.8, 4) is 0 Å². The first kappa shape index (κ1) is 19.3. The smallest absolute Gasteiger partial charge is 0.453 e. The van der Waals surface area contributed by atoms with Crippen molar-refractivity contribution in [2.45, 2.75) is 18.6 Å². The molecule has 0 spiro atoms. The van der Waals surface area contributed by atoms with Gasteiger partial charge in [-0.05, 0) is 18.2 Å². The summed E-state index contributed by atoms with van der Waals surface area (Å²) in [5, 5.41) is 3.54. The number of H-pyrrole nitrogens is 1. The second kappa shape index (κ2) is 6.65. The summed E-state index contributed by atoms with van der Waals surface area (Å²) < 4.78 is 59.8. The Labute approximate surface area is 171 Å². The van der Waals surface area contributed by atoms with E-state index < -0.39 is 35.6 Å². The molecule has 1 amide bonds. The van der Waals surface area contributed by atoms with Gasteiger partial charge in [0.25, 0.3) is 11.7 Å². The lowest BCUT2D eigenvalue weighted by Gasteiger charge is -2.33. The average Bonchev–Trinajstić information content (AvgIpc) is 3.44. The third kappa shape index (κ3) is 3.05. The van der Waals surface area contributed by atoms with Gasteiger partial charge < -0.3 is 14.3 Å².